The van der Waals surface area contributed by atoms with Gasteiger partial charge in [0, 0.05) is 68.7 Å². The number of nitrogens with one attached hydrogen (secondary N) is 1. The van der Waals surface area contributed by atoms with Crippen molar-refractivity contribution < 1.29 is 26.7 Å². The average Bonchev–Trinajstić information content (AvgIpc) is 2.80. The maximum Gasteiger partial charge on any atom is 0.255 e. The first kappa shape index (κ1) is 26.4. The number of hydrogen-bond acceptors (Lipinski definition) is 4. The number of thioether (sulfide) groups is 1. The van der Waals surface area contributed by atoms with Crippen molar-refractivity contribution >= 4 is 34.3 Å². The molecule has 2 aliphatic heterocycles. The van der Waals surface area contributed by atoms with Crippen molar-refractivity contribution in [2.75, 3.05) is 19.6 Å². The minimum Gasteiger partial charge on any atom is -0.350 e. The van der Waals surface area contributed by atoms with E-state index in [-0.39, 0.29) is 73.1 Å². The molecular formula is C24H27ClF5N3OS. The van der Waals surface area contributed by atoms with Crippen LogP contribution in [0.3, 0.4) is 0 Å². The molecule has 1 aliphatic carbocycles. The molecule has 0 aromatic heterocycles. The van der Waals surface area contributed by atoms with Gasteiger partial charge in [-0.2, -0.15) is 0 Å². The van der Waals surface area contributed by atoms with Crippen LogP contribution in [0.15, 0.2) is 35.5 Å². The summed E-state index contributed by atoms with van der Waals surface area (Å²) in [6.07, 6.45) is 3.18. The van der Waals surface area contributed by atoms with E-state index in [1.165, 1.54) is 23.9 Å². The number of alkyl halides is 4. The Labute approximate surface area is 210 Å². The highest BCUT2D eigenvalue weighted by molar-refractivity contribution is 8.14. The zero-order chi connectivity index (χ0) is 25.2. The molecule has 11 heteroatoms. The lowest BCUT2D eigenvalue weighted by molar-refractivity contribution is -0.0621. The standard InChI is InChI=1S/C24H27ClF5N3OS/c25-16-2-1-3-17(26)20(16)21(34)32-14-18(33-12-9-24(29,30)10-13-33)19-6-11-31-22(35-19)15-4-7-23(27,28)8-5-15/h1-3,6,11,15,18-19H,4-5,7-10,12-14H2,(H,32,34). The van der Waals surface area contributed by atoms with Crippen LogP contribution in [0.4, 0.5) is 22.0 Å². The summed E-state index contributed by atoms with van der Waals surface area (Å²) in [5, 5.41) is 3.21. The molecule has 4 rings (SSSR count). The lowest BCUT2D eigenvalue weighted by Gasteiger charge is -2.41. The van der Waals surface area contributed by atoms with Crippen molar-refractivity contribution in [2.24, 2.45) is 10.9 Å². The van der Waals surface area contributed by atoms with Gasteiger partial charge in [-0.25, -0.2) is 22.0 Å². The Balaban J connectivity index is 1.47. The highest BCUT2D eigenvalue weighted by Crippen LogP contribution is 2.41. The molecule has 1 aromatic rings. The predicted octanol–water partition coefficient (Wildman–Crippen LogP) is 6.16. The predicted molar refractivity (Wildman–Crippen MR) is 128 cm³/mol. The minimum atomic E-state index is -2.74. The van der Waals surface area contributed by atoms with Crippen LogP contribution >= 0.6 is 23.4 Å². The highest BCUT2D eigenvalue weighted by atomic mass is 35.5. The molecular weight excluding hydrogens is 509 g/mol. The first-order chi connectivity index (χ1) is 16.5. The van der Waals surface area contributed by atoms with Gasteiger partial charge in [0.25, 0.3) is 11.8 Å². The summed E-state index contributed by atoms with van der Waals surface area (Å²) in [6.45, 7) is 0.356. The van der Waals surface area contributed by atoms with Gasteiger partial charge >= 0.3 is 0 Å². The largest absolute Gasteiger partial charge is 0.350 e. The number of piperidine rings is 1. The molecule has 0 bridgehead atoms. The van der Waals surface area contributed by atoms with E-state index in [1.807, 2.05) is 11.0 Å². The quantitative estimate of drug-likeness (QED) is 0.444. The lowest BCUT2D eigenvalue weighted by Crippen LogP contribution is -2.53. The van der Waals surface area contributed by atoms with E-state index >= 15 is 0 Å². The Hall–Kier alpha value is -1.65. The van der Waals surface area contributed by atoms with Crippen LogP contribution in [0, 0.1) is 11.7 Å². The number of halogens is 6. The summed E-state index contributed by atoms with van der Waals surface area (Å²) >= 11 is 7.45. The molecule has 35 heavy (non-hydrogen) atoms. The fourth-order valence-corrected chi connectivity index (χ4v) is 6.39. The molecule has 2 atom stereocenters. The third-order valence-electron chi connectivity index (χ3n) is 6.84. The fraction of sp³-hybridized carbons (Fsp3) is 0.583. The molecule has 192 valence electrons. The van der Waals surface area contributed by atoms with E-state index in [2.05, 4.69) is 10.3 Å². The van der Waals surface area contributed by atoms with E-state index in [0.29, 0.717) is 12.8 Å². The number of aliphatic imine (C=N–C) groups is 1. The Morgan fingerprint density at radius 1 is 1.14 bits per heavy atom. The molecule has 1 saturated carbocycles. The summed E-state index contributed by atoms with van der Waals surface area (Å²) in [7, 11) is 0. The highest BCUT2D eigenvalue weighted by Gasteiger charge is 2.41. The molecule has 4 nitrogen and oxygen atoms in total. The molecule has 3 aliphatic rings. The van der Waals surface area contributed by atoms with Crippen molar-refractivity contribution in [1.29, 1.82) is 0 Å². The van der Waals surface area contributed by atoms with Crippen molar-refractivity contribution in [3.8, 4) is 0 Å². The smallest absolute Gasteiger partial charge is 0.255 e. The lowest BCUT2D eigenvalue weighted by atomic mass is 9.87. The monoisotopic (exact) mass is 535 g/mol. The van der Waals surface area contributed by atoms with Crippen LogP contribution in [-0.2, 0) is 0 Å². The zero-order valence-electron chi connectivity index (χ0n) is 19.0. The van der Waals surface area contributed by atoms with Gasteiger partial charge in [-0.1, -0.05) is 23.7 Å². The second-order valence-corrected chi connectivity index (χ2v) is 10.9. The second kappa shape index (κ2) is 10.8. The summed E-state index contributed by atoms with van der Waals surface area (Å²) in [6, 6.07) is 3.58. The normalized spacial score (nSPS) is 25.7. The first-order valence-electron chi connectivity index (χ1n) is 11.7. The molecule has 2 fully saturated rings. The molecule has 1 N–H and O–H groups in total. The maximum absolute atomic E-state index is 14.2. The maximum atomic E-state index is 14.2. The van der Waals surface area contributed by atoms with Crippen LogP contribution in [0.2, 0.25) is 5.02 Å². The van der Waals surface area contributed by atoms with Crippen molar-refractivity contribution in [1.82, 2.24) is 10.2 Å². The molecule has 2 heterocycles. The Kier molecular flexibility index (Phi) is 8.12. The van der Waals surface area contributed by atoms with Gasteiger partial charge in [-0.15, -0.1) is 11.8 Å². The number of benzene rings is 1. The third kappa shape index (κ3) is 6.57. The van der Waals surface area contributed by atoms with Crippen molar-refractivity contribution in [2.45, 2.75) is 61.7 Å². The average molecular weight is 536 g/mol. The molecule has 1 aromatic carbocycles. The first-order valence-corrected chi connectivity index (χ1v) is 12.9. The topological polar surface area (TPSA) is 44.7 Å². The van der Waals surface area contributed by atoms with Gasteiger partial charge in [0.1, 0.15) is 5.82 Å². The summed E-state index contributed by atoms with van der Waals surface area (Å²) in [5.74, 6) is -6.90. The van der Waals surface area contributed by atoms with E-state index < -0.39 is 23.6 Å². The van der Waals surface area contributed by atoms with Crippen LogP contribution in [-0.4, -0.2) is 58.6 Å². The summed E-state index contributed by atoms with van der Waals surface area (Å²) < 4.78 is 69.1. The SMILES string of the molecule is O=C(NCC(C1C=CN=C(C2CCC(F)(F)CC2)S1)N1CCC(F)(F)CC1)c1c(F)cccc1Cl. The molecule has 1 amide bonds. The van der Waals surface area contributed by atoms with E-state index in [0.717, 1.165) is 11.1 Å². The Bertz CT molecular complexity index is 965. The molecule has 2 unspecified atom stereocenters. The number of carbonyl (C=O) groups is 1. The zero-order valence-corrected chi connectivity index (χ0v) is 20.5. The van der Waals surface area contributed by atoms with Gasteiger partial charge in [-0.3, -0.25) is 14.7 Å². The number of carbonyl (C=O) groups excluding carboxylic acids is 1. The van der Waals surface area contributed by atoms with Crippen LogP contribution < -0.4 is 5.32 Å². The molecule has 0 spiro atoms. The molecule has 1 saturated heterocycles. The number of nitrogens with zero attached hydrogens (tertiary/aromatic N) is 2. The number of amides is 1. The van der Waals surface area contributed by atoms with Gasteiger partial charge in [0.05, 0.1) is 15.6 Å². The van der Waals surface area contributed by atoms with E-state index in [4.69, 9.17) is 11.6 Å². The van der Waals surface area contributed by atoms with E-state index in [9.17, 15) is 26.7 Å². The summed E-state index contributed by atoms with van der Waals surface area (Å²) in [5.41, 5.74) is -0.268. The van der Waals surface area contributed by atoms with Gasteiger partial charge < -0.3 is 5.32 Å². The Morgan fingerprint density at radius 3 is 2.46 bits per heavy atom. The minimum absolute atomic E-state index is 0.0212. The van der Waals surface area contributed by atoms with Crippen molar-refractivity contribution in [3.63, 3.8) is 0 Å². The number of rotatable bonds is 6. The van der Waals surface area contributed by atoms with E-state index in [1.54, 1.807) is 6.20 Å². The number of hydrogen-bond donors (Lipinski definition) is 1. The van der Waals surface area contributed by atoms with Crippen LogP contribution in [0.1, 0.15) is 48.9 Å². The molecule has 0 radical (unpaired) electrons. The fourth-order valence-electron chi connectivity index (χ4n) is 4.74. The summed E-state index contributed by atoms with van der Waals surface area (Å²) in [4.78, 5) is 19.1. The van der Waals surface area contributed by atoms with Crippen molar-refractivity contribution in [3.05, 3.63) is 46.9 Å². The van der Waals surface area contributed by atoms with Gasteiger partial charge in [0.15, 0.2) is 0 Å². The van der Waals surface area contributed by atoms with Crippen LogP contribution in [0.25, 0.3) is 0 Å². The number of likely N-dealkylation sites (tertiary alicyclic amines) is 1. The van der Waals surface area contributed by atoms with Crippen LogP contribution in [0.5, 0.6) is 0 Å². The van der Waals surface area contributed by atoms with Gasteiger partial charge in [0.2, 0.25) is 5.92 Å². The Morgan fingerprint density at radius 2 is 1.80 bits per heavy atom. The van der Waals surface area contributed by atoms with Gasteiger partial charge in [-0.05, 0) is 25.0 Å². The third-order valence-corrected chi connectivity index (χ3v) is 8.58. The second-order valence-electron chi connectivity index (χ2n) is 9.29.